The normalized spacial score (nSPS) is 10.8. The lowest BCUT2D eigenvalue weighted by Gasteiger charge is -2.12. The molecule has 3 aromatic carbocycles. The molecule has 0 saturated carbocycles. The Labute approximate surface area is 183 Å². The lowest BCUT2D eigenvalue weighted by Crippen LogP contribution is -2.08. The van der Waals surface area contributed by atoms with Crippen molar-refractivity contribution in [3.8, 4) is 11.4 Å². The predicted octanol–water partition coefficient (Wildman–Crippen LogP) is 5.27. The first kappa shape index (κ1) is 20.8. The van der Waals surface area contributed by atoms with Gasteiger partial charge in [0.2, 0.25) is 0 Å². The van der Waals surface area contributed by atoms with Crippen LogP contribution in [0, 0.1) is 12.7 Å². The summed E-state index contributed by atoms with van der Waals surface area (Å²) < 4.78 is 21.0. The highest BCUT2D eigenvalue weighted by atomic mass is 32.2. The van der Waals surface area contributed by atoms with E-state index in [4.69, 9.17) is 4.74 Å². The molecule has 0 radical (unpaired) electrons. The monoisotopic (exact) mass is 433 g/mol. The summed E-state index contributed by atoms with van der Waals surface area (Å²) in [5, 5.41) is 9.18. The molecule has 156 valence electrons. The number of hydrogen-bond acceptors (Lipinski definition) is 5. The lowest BCUT2D eigenvalue weighted by atomic mass is 10.1. The fraction of sp³-hybridized carbons (Fsp3) is 0.125. The van der Waals surface area contributed by atoms with Crippen LogP contribution in [0.5, 0.6) is 5.75 Å². The third-order valence-corrected chi connectivity index (χ3v) is 5.59. The SMILES string of the molecule is Cc1ccccc1OCc1nnc(SCC(=O)c2ccc(F)cc2)n1-c1ccccc1. The van der Waals surface area contributed by atoms with Gasteiger partial charge in [-0.2, -0.15) is 0 Å². The van der Waals surface area contributed by atoms with Crippen molar-refractivity contribution in [1.82, 2.24) is 14.8 Å². The van der Waals surface area contributed by atoms with E-state index >= 15 is 0 Å². The van der Waals surface area contributed by atoms with Crippen LogP contribution in [0.3, 0.4) is 0 Å². The number of ketones is 1. The second-order valence-corrected chi connectivity index (χ2v) is 7.79. The van der Waals surface area contributed by atoms with Gasteiger partial charge in [0, 0.05) is 11.3 Å². The number of carbonyl (C=O) groups excluding carboxylic acids is 1. The summed E-state index contributed by atoms with van der Waals surface area (Å²) in [6.07, 6.45) is 0. The van der Waals surface area contributed by atoms with Gasteiger partial charge >= 0.3 is 0 Å². The van der Waals surface area contributed by atoms with Gasteiger partial charge in [0.15, 0.2) is 16.8 Å². The zero-order valence-corrected chi connectivity index (χ0v) is 17.7. The number of rotatable bonds is 8. The number of ether oxygens (including phenoxy) is 1. The Balaban J connectivity index is 1.55. The van der Waals surface area contributed by atoms with Crippen molar-refractivity contribution in [2.75, 3.05) is 5.75 Å². The molecule has 0 bridgehead atoms. The van der Waals surface area contributed by atoms with E-state index in [0.29, 0.717) is 16.5 Å². The fourth-order valence-electron chi connectivity index (χ4n) is 3.03. The zero-order valence-electron chi connectivity index (χ0n) is 16.9. The molecule has 1 heterocycles. The summed E-state index contributed by atoms with van der Waals surface area (Å²) in [6, 6.07) is 23.0. The van der Waals surface area contributed by atoms with Gasteiger partial charge < -0.3 is 4.74 Å². The van der Waals surface area contributed by atoms with Gasteiger partial charge in [-0.1, -0.05) is 48.2 Å². The molecule has 4 aromatic rings. The van der Waals surface area contributed by atoms with E-state index in [-0.39, 0.29) is 24.0 Å². The van der Waals surface area contributed by atoms with Crippen LogP contribution in [-0.4, -0.2) is 26.3 Å². The molecule has 0 aliphatic carbocycles. The van der Waals surface area contributed by atoms with Crippen molar-refractivity contribution >= 4 is 17.5 Å². The second-order valence-electron chi connectivity index (χ2n) is 6.84. The number of aromatic nitrogens is 3. The average molecular weight is 434 g/mol. The van der Waals surface area contributed by atoms with E-state index in [1.54, 1.807) is 0 Å². The fourth-order valence-corrected chi connectivity index (χ4v) is 3.90. The molecule has 1 aromatic heterocycles. The zero-order chi connectivity index (χ0) is 21.6. The molecule has 4 rings (SSSR count). The molecule has 0 aliphatic rings. The average Bonchev–Trinajstić information content (AvgIpc) is 3.21. The van der Waals surface area contributed by atoms with Gasteiger partial charge in [0.1, 0.15) is 18.2 Å². The van der Waals surface area contributed by atoms with Crippen molar-refractivity contribution in [3.05, 3.63) is 102 Å². The largest absolute Gasteiger partial charge is 0.485 e. The first-order valence-corrected chi connectivity index (χ1v) is 10.7. The van der Waals surface area contributed by atoms with Crippen LogP contribution in [0.4, 0.5) is 4.39 Å². The van der Waals surface area contributed by atoms with Crippen LogP contribution in [-0.2, 0) is 6.61 Å². The number of Topliss-reactive ketones (excluding diaryl/α,β-unsaturated/α-hetero) is 1. The first-order valence-electron chi connectivity index (χ1n) is 9.71. The molecular formula is C24H20FN3O2S. The van der Waals surface area contributed by atoms with Gasteiger partial charge in [-0.15, -0.1) is 10.2 Å². The number of nitrogens with zero attached hydrogens (tertiary/aromatic N) is 3. The van der Waals surface area contributed by atoms with E-state index in [1.165, 1.54) is 36.0 Å². The van der Waals surface area contributed by atoms with Crippen molar-refractivity contribution in [2.45, 2.75) is 18.7 Å². The van der Waals surface area contributed by atoms with E-state index < -0.39 is 0 Å². The number of benzene rings is 3. The number of aryl methyl sites for hydroxylation is 1. The quantitative estimate of drug-likeness (QED) is 0.280. The molecule has 0 aliphatic heterocycles. The molecule has 7 heteroatoms. The number of halogens is 1. The van der Waals surface area contributed by atoms with E-state index in [2.05, 4.69) is 10.2 Å². The molecule has 0 atom stereocenters. The Morgan fingerprint density at radius 2 is 1.68 bits per heavy atom. The highest BCUT2D eigenvalue weighted by Crippen LogP contribution is 2.24. The summed E-state index contributed by atoms with van der Waals surface area (Å²) in [4.78, 5) is 12.5. The molecular weight excluding hydrogens is 413 g/mol. The molecule has 0 fully saturated rings. The molecule has 0 spiro atoms. The van der Waals surface area contributed by atoms with Crippen molar-refractivity contribution in [1.29, 1.82) is 0 Å². The highest BCUT2D eigenvalue weighted by Gasteiger charge is 2.17. The van der Waals surface area contributed by atoms with Crippen LogP contribution < -0.4 is 4.74 Å². The van der Waals surface area contributed by atoms with Crippen LogP contribution >= 0.6 is 11.8 Å². The Morgan fingerprint density at radius 1 is 0.968 bits per heavy atom. The van der Waals surface area contributed by atoms with Gasteiger partial charge in [-0.25, -0.2) is 4.39 Å². The highest BCUT2D eigenvalue weighted by molar-refractivity contribution is 7.99. The molecule has 31 heavy (non-hydrogen) atoms. The van der Waals surface area contributed by atoms with Crippen molar-refractivity contribution < 1.29 is 13.9 Å². The second kappa shape index (κ2) is 9.57. The maximum atomic E-state index is 13.1. The van der Waals surface area contributed by atoms with Crippen LogP contribution in [0.15, 0.2) is 84.0 Å². The van der Waals surface area contributed by atoms with Crippen LogP contribution in [0.25, 0.3) is 5.69 Å². The van der Waals surface area contributed by atoms with E-state index in [9.17, 15) is 9.18 Å². The first-order chi connectivity index (χ1) is 15.1. The third kappa shape index (κ3) is 5.00. The Bertz CT molecular complexity index is 1180. The Morgan fingerprint density at radius 3 is 2.42 bits per heavy atom. The third-order valence-electron chi connectivity index (χ3n) is 4.66. The summed E-state index contributed by atoms with van der Waals surface area (Å²) in [7, 11) is 0. The number of para-hydroxylation sites is 2. The Hall–Kier alpha value is -3.45. The molecule has 0 N–H and O–H groups in total. The summed E-state index contributed by atoms with van der Waals surface area (Å²) in [5.41, 5.74) is 2.38. The topological polar surface area (TPSA) is 57.0 Å². The van der Waals surface area contributed by atoms with Gasteiger partial charge in [0.25, 0.3) is 0 Å². The molecule has 0 amide bonds. The molecule has 5 nitrogen and oxygen atoms in total. The number of hydrogen-bond donors (Lipinski definition) is 0. The maximum absolute atomic E-state index is 13.1. The Kier molecular flexibility index (Phi) is 6.43. The number of carbonyl (C=O) groups is 1. The summed E-state index contributed by atoms with van der Waals surface area (Å²) >= 11 is 1.29. The van der Waals surface area contributed by atoms with Gasteiger partial charge in [-0.3, -0.25) is 9.36 Å². The predicted molar refractivity (Wildman–Crippen MR) is 118 cm³/mol. The standard InChI is InChI=1S/C24H20FN3O2S/c1-17-7-5-6-10-22(17)30-15-23-26-27-24(28(23)20-8-3-2-4-9-20)31-16-21(29)18-11-13-19(25)14-12-18/h2-14H,15-16H2,1H3. The summed E-state index contributed by atoms with van der Waals surface area (Å²) in [5.74, 6) is 1.10. The maximum Gasteiger partial charge on any atom is 0.196 e. The van der Waals surface area contributed by atoms with Gasteiger partial charge in [-0.05, 0) is 55.0 Å². The molecule has 0 unspecified atom stereocenters. The van der Waals surface area contributed by atoms with E-state index in [0.717, 1.165) is 17.0 Å². The van der Waals surface area contributed by atoms with Gasteiger partial charge in [0.05, 0.1) is 5.75 Å². The lowest BCUT2D eigenvalue weighted by molar-refractivity contribution is 0.102. The van der Waals surface area contributed by atoms with Crippen LogP contribution in [0.1, 0.15) is 21.7 Å². The minimum absolute atomic E-state index is 0.106. The summed E-state index contributed by atoms with van der Waals surface area (Å²) in [6.45, 7) is 2.22. The smallest absolute Gasteiger partial charge is 0.196 e. The number of thioether (sulfide) groups is 1. The van der Waals surface area contributed by atoms with E-state index in [1.807, 2.05) is 66.1 Å². The molecule has 0 saturated heterocycles. The van der Waals surface area contributed by atoms with Crippen molar-refractivity contribution in [3.63, 3.8) is 0 Å². The minimum atomic E-state index is -0.369. The van der Waals surface area contributed by atoms with Crippen LogP contribution in [0.2, 0.25) is 0 Å². The minimum Gasteiger partial charge on any atom is -0.485 e. The van der Waals surface area contributed by atoms with Crippen molar-refractivity contribution in [2.24, 2.45) is 0 Å².